The molecule has 0 N–H and O–H groups in total. The maximum Gasteiger partial charge on any atom is 0.0833 e. The Bertz CT molecular complexity index is 166. The second kappa shape index (κ2) is 7.24. The van der Waals surface area contributed by atoms with Crippen molar-refractivity contribution in [2.75, 3.05) is 14.1 Å². The fourth-order valence-electron chi connectivity index (χ4n) is 2.19. The minimum Gasteiger partial charge on any atom is -0.309 e. The molecule has 0 radical (unpaired) electrons. The van der Waals surface area contributed by atoms with E-state index in [0.29, 0.717) is 0 Å². The minimum atomic E-state index is -0.766. The molecule has 1 nitrogen and oxygen atoms in total. The quantitative estimate of drug-likeness (QED) is 0.588. The van der Waals surface area contributed by atoms with Crippen LogP contribution in [0.25, 0.3) is 0 Å². The summed E-state index contributed by atoms with van der Waals surface area (Å²) in [6.07, 6.45) is 3.96. The van der Waals surface area contributed by atoms with E-state index in [4.69, 9.17) is 0 Å². The van der Waals surface area contributed by atoms with Crippen molar-refractivity contribution < 1.29 is 0 Å². The summed E-state index contributed by atoms with van der Waals surface area (Å²) in [5.41, 5.74) is 0.817. The van der Waals surface area contributed by atoms with E-state index < -0.39 is 8.80 Å². The first-order valence-electron chi connectivity index (χ1n) is 5.86. The van der Waals surface area contributed by atoms with Gasteiger partial charge in [0.1, 0.15) is 0 Å². The Kier molecular flexibility index (Phi) is 7.20. The Hall–Kier alpha value is -0.0831. The predicted molar refractivity (Wildman–Crippen MR) is 69.4 cm³/mol. The van der Waals surface area contributed by atoms with Crippen LogP contribution in [0.4, 0.5) is 0 Å². The maximum atomic E-state index is 4.19. The lowest BCUT2D eigenvalue weighted by molar-refractivity contribution is 0.349. The average molecular weight is 213 g/mol. The van der Waals surface area contributed by atoms with Crippen LogP contribution in [0, 0.1) is 0 Å². The summed E-state index contributed by atoms with van der Waals surface area (Å²) in [6, 6.07) is 1.41. The van der Waals surface area contributed by atoms with Gasteiger partial charge in [0, 0.05) is 5.67 Å². The third-order valence-electron chi connectivity index (χ3n) is 2.94. The number of allylic oxidation sites excluding steroid dienone is 1. The van der Waals surface area contributed by atoms with Gasteiger partial charge in [-0.15, -0.1) is 6.58 Å². The third kappa shape index (κ3) is 4.42. The van der Waals surface area contributed by atoms with Gasteiger partial charge in [-0.25, -0.2) is 0 Å². The fourth-order valence-corrected chi connectivity index (χ4v) is 5.81. The number of rotatable bonds is 7. The summed E-state index contributed by atoms with van der Waals surface area (Å²) >= 11 is 0. The molecular formula is C12H27NSi. The molecule has 0 amide bonds. The largest absolute Gasteiger partial charge is 0.309 e. The van der Waals surface area contributed by atoms with Crippen molar-refractivity contribution in [1.29, 1.82) is 0 Å². The van der Waals surface area contributed by atoms with Crippen LogP contribution in [0.5, 0.6) is 0 Å². The smallest absolute Gasteiger partial charge is 0.0833 e. The summed E-state index contributed by atoms with van der Waals surface area (Å²) < 4.78 is 0. The molecule has 0 aromatic carbocycles. The first kappa shape index (κ1) is 13.9. The number of nitrogens with zero attached hydrogens (tertiary/aromatic N) is 1. The molecule has 2 unspecified atom stereocenters. The van der Waals surface area contributed by atoms with Crippen molar-refractivity contribution >= 4 is 8.80 Å². The lowest BCUT2D eigenvalue weighted by Crippen LogP contribution is -2.43. The van der Waals surface area contributed by atoms with Crippen LogP contribution in [-0.4, -0.2) is 33.5 Å². The molecule has 0 aliphatic heterocycles. The molecule has 0 spiro atoms. The van der Waals surface area contributed by atoms with E-state index in [0.717, 1.165) is 5.67 Å². The van der Waals surface area contributed by atoms with E-state index in [1.54, 1.807) is 0 Å². The summed E-state index contributed by atoms with van der Waals surface area (Å²) in [5.74, 6) is 0. The normalized spacial score (nSPS) is 15.6. The Morgan fingerprint density at radius 3 is 2.14 bits per heavy atom. The molecule has 2 heteroatoms. The molecule has 84 valence electrons. The molecule has 0 bridgehead atoms. The lowest BCUT2D eigenvalue weighted by Gasteiger charge is -2.31. The van der Waals surface area contributed by atoms with Gasteiger partial charge in [-0.1, -0.05) is 37.9 Å². The van der Waals surface area contributed by atoms with Gasteiger partial charge in [0.15, 0.2) is 0 Å². The zero-order valence-electron chi connectivity index (χ0n) is 10.6. The van der Waals surface area contributed by atoms with Crippen LogP contribution in [0.3, 0.4) is 0 Å². The molecule has 14 heavy (non-hydrogen) atoms. The molecule has 2 atom stereocenters. The SMILES string of the molecule is C=C(C)[SiH](CCC)C(CCC)N(C)C. The molecule has 0 heterocycles. The van der Waals surface area contributed by atoms with Crippen LogP contribution in [0.15, 0.2) is 11.8 Å². The van der Waals surface area contributed by atoms with E-state index >= 15 is 0 Å². The van der Waals surface area contributed by atoms with Gasteiger partial charge >= 0.3 is 0 Å². The Morgan fingerprint density at radius 2 is 1.86 bits per heavy atom. The summed E-state index contributed by atoms with van der Waals surface area (Å²) in [6.45, 7) is 11.0. The molecule has 0 rings (SSSR count). The third-order valence-corrected chi connectivity index (χ3v) is 7.27. The molecule has 0 aromatic rings. The van der Waals surface area contributed by atoms with Gasteiger partial charge in [-0.2, -0.15) is 0 Å². The Balaban J connectivity index is 4.46. The van der Waals surface area contributed by atoms with Crippen LogP contribution in [0.2, 0.25) is 6.04 Å². The van der Waals surface area contributed by atoms with Gasteiger partial charge < -0.3 is 4.90 Å². The fraction of sp³-hybridized carbons (Fsp3) is 0.833. The van der Waals surface area contributed by atoms with Gasteiger partial charge in [-0.05, 0) is 27.4 Å². The van der Waals surface area contributed by atoms with Gasteiger partial charge in [0.2, 0.25) is 0 Å². The number of hydrogen-bond donors (Lipinski definition) is 0. The molecule has 0 aliphatic carbocycles. The number of hydrogen-bond acceptors (Lipinski definition) is 1. The van der Waals surface area contributed by atoms with Gasteiger partial charge in [0.25, 0.3) is 0 Å². The molecule has 0 fully saturated rings. The Labute approximate surface area is 91.8 Å². The second-order valence-corrected chi connectivity index (χ2v) is 8.11. The highest BCUT2D eigenvalue weighted by molar-refractivity contribution is 6.68. The van der Waals surface area contributed by atoms with Crippen LogP contribution < -0.4 is 0 Å². The van der Waals surface area contributed by atoms with Crippen molar-refractivity contribution in [2.45, 2.75) is 51.7 Å². The van der Waals surface area contributed by atoms with Crippen molar-refractivity contribution in [1.82, 2.24) is 4.90 Å². The van der Waals surface area contributed by atoms with Crippen molar-refractivity contribution in [3.63, 3.8) is 0 Å². The van der Waals surface area contributed by atoms with Gasteiger partial charge in [0.05, 0.1) is 8.80 Å². The predicted octanol–water partition coefficient (Wildman–Crippen LogP) is 3.01. The summed E-state index contributed by atoms with van der Waals surface area (Å²) in [5, 5.41) is 1.49. The molecular weight excluding hydrogens is 186 g/mol. The second-order valence-electron chi connectivity index (χ2n) is 4.56. The topological polar surface area (TPSA) is 3.24 Å². The van der Waals surface area contributed by atoms with E-state index in [2.05, 4.69) is 46.3 Å². The highest BCUT2D eigenvalue weighted by Gasteiger charge is 2.23. The van der Waals surface area contributed by atoms with Crippen LogP contribution >= 0.6 is 0 Å². The Morgan fingerprint density at radius 1 is 1.29 bits per heavy atom. The molecule has 0 aromatic heterocycles. The highest BCUT2D eigenvalue weighted by Crippen LogP contribution is 2.17. The van der Waals surface area contributed by atoms with E-state index in [-0.39, 0.29) is 0 Å². The van der Waals surface area contributed by atoms with Gasteiger partial charge in [-0.3, -0.25) is 0 Å². The molecule has 0 saturated heterocycles. The van der Waals surface area contributed by atoms with Crippen molar-refractivity contribution in [3.05, 3.63) is 11.8 Å². The van der Waals surface area contributed by atoms with E-state index in [9.17, 15) is 0 Å². The average Bonchev–Trinajstić information content (AvgIpc) is 2.10. The lowest BCUT2D eigenvalue weighted by atomic mass is 10.3. The first-order valence-corrected chi connectivity index (χ1v) is 7.92. The molecule has 0 saturated carbocycles. The standard InChI is InChI=1S/C12H27NSi/c1-7-9-12(13(5)6)14(10-8-2)11(3)4/h12,14H,3,7-10H2,1-2,4-6H3. The highest BCUT2D eigenvalue weighted by atomic mass is 28.3. The van der Waals surface area contributed by atoms with Crippen LogP contribution in [-0.2, 0) is 0 Å². The zero-order valence-corrected chi connectivity index (χ0v) is 11.8. The maximum absolute atomic E-state index is 4.19. The minimum absolute atomic E-state index is 0.766. The monoisotopic (exact) mass is 213 g/mol. The van der Waals surface area contributed by atoms with Crippen molar-refractivity contribution in [2.24, 2.45) is 0 Å². The summed E-state index contributed by atoms with van der Waals surface area (Å²) in [7, 11) is 3.68. The first-order chi connectivity index (χ1) is 6.54. The van der Waals surface area contributed by atoms with E-state index in [1.807, 2.05) is 0 Å². The van der Waals surface area contributed by atoms with E-state index in [1.165, 1.54) is 30.5 Å². The zero-order chi connectivity index (χ0) is 11.1. The van der Waals surface area contributed by atoms with Crippen LogP contribution in [0.1, 0.15) is 40.0 Å². The molecule has 0 aliphatic rings. The summed E-state index contributed by atoms with van der Waals surface area (Å²) in [4.78, 5) is 2.42. The van der Waals surface area contributed by atoms with Crippen molar-refractivity contribution in [3.8, 4) is 0 Å².